The molecule has 98 valence electrons. The normalized spacial score (nSPS) is 14.7. The van der Waals surface area contributed by atoms with Crippen LogP contribution in [0.5, 0.6) is 0 Å². The molecule has 4 nitrogen and oxygen atoms in total. The standard InChI is InChI=1S/C14H18O4/c1-13(2,3)18-12(16)14(4,17)11(15)10-8-6-5-7-9-10/h5-9,17H,1-4H3/t14-/m0/s1. The SMILES string of the molecule is CC(C)(C)OC(=O)[C@@](C)(O)C(=O)c1ccccc1. The van der Waals surface area contributed by atoms with Crippen molar-refractivity contribution >= 4 is 11.8 Å². The van der Waals surface area contributed by atoms with E-state index in [2.05, 4.69) is 0 Å². The summed E-state index contributed by atoms with van der Waals surface area (Å²) in [6.07, 6.45) is 0. The third-order valence-electron chi connectivity index (χ3n) is 2.27. The van der Waals surface area contributed by atoms with E-state index in [0.29, 0.717) is 0 Å². The maximum absolute atomic E-state index is 12.0. The highest BCUT2D eigenvalue weighted by Gasteiger charge is 2.42. The van der Waals surface area contributed by atoms with Gasteiger partial charge in [-0.1, -0.05) is 30.3 Å². The zero-order valence-electron chi connectivity index (χ0n) is 11.1. The van der Waals surface area contributed by atoms with Crippen LogP contribution in [0.25, 0.3) is 0 Å². The van der Waals surface area contributed by atoms with Crippen molar-refractivity contribution < 1.29 is 19.4 Å². The molecule has 0 heterocycles. The molecule has 18 heavy (non-hydrogen) atoms. The van der Waals surface area contributed by atoms with Gasteiger partial charge < -0.3 is 9.84 Å². The van der Waals surface area contributed by atoms with E-state index in [0.717, 1.165) is 6.92 Å². The Labute approximate surface area is 107 Å². The van der Waals surface area contributed by atoms with Gasteiger partial charge in [0.05, 0.1) is 0 Å². The highest BCUT2D eigenvalue weighted by molar-refractivity contribution is 6.14. The van der Waals surface area contributed by atoms with Gasteiger partial charge in [-0.15, -0.1) is 0 Å². The first-order chi connectivity index (χ1) is 8.14. The Morgan fingerprint density at radius 2 is 1.56 bits per heavy atom. The third kappa shape index (κ3) is 3.40. The number of aliphatic hydroxyl groups is 1. The summed E-state index contributed by atoms with van der Waals surface area (Å²) < 4.78 is 5.04. The quantitative estimate of drug-likeness (QED) is 0.506. The number of Topliss-reactive ketones (excluding diaryl/α,β-unsaturated/α-hetero) is 1. The number of ether oxygens (including phenoxy) is 1. The molecular weight excluding hydrogens is 232 g/mol. The maximum atomic E-state index is 12.0. The molecule has 0 aliphatic rings. The van der Waals surface area contributed by atoms with E-state index >= 15 is 0 Å². The highest BCUT2D eigenvalue weighted by Crippen LogP contribution is 2.18. The fourth-order valence-electron chi connectivity index (χ4n) is 1.34. The molecule has 1 atom stereocenters. The second kappa shape index (κ2) is 4.90. The summed E-state index contributed by atoms with van der Waals surface area (Å²) in [7, 11) is 0. The van der Waals surface area contributed by atoms with E-state index in [9.17, 15) is 14.7 Å². The lowest BCUT2D eigenvalue weighted by Crippen LogP contribution is -2.47. The summed E-state index contributed by atoms with van der Waals surface area (Å²) in [6.45, 7) is 6.17. The van der Waals surface area contributed by atoms with Crippen LogP contribution < -0.4 is 0 Å². The van der Waals surface area contributed by atoms with Crippen LogP contribution in [-0.4, -0.2) is 28.1 Å². The molecule has 0 saturated carbocycles. The Morgan fingerprint density at radius 1 is 1.06 bits per heavy atom. The van der Waals surface area contributed by atoms with Crippen LogP contribution in [-0.2, 0) is 9.53 Å². The van der Waals surface area contributed by atoms with Crippen LogP contribution in [0, 0.1) is 0 Å². The number of esters is 1. The fraction of sp³-hybridized carbons (Fsp3) is 0.429. The topological polar surface area (TPSA) is 63.6 Å². The molecule has 0 bridgehead atoms. The Hall–Kier alpha value is -1.68. The van der Waals surface area contributed by atoms with Crippen molar-refractivity contribution in [2.75, 3.05) is 0 Å². The molecule has 1 rings (SSSR count). The van der Waals surface area contributed by atoms with Crippen LogP contribution in [0.3, 0.4) is 0 Å². The van der Waals surface area contributed by atoms with E-state index in [1.807, 2.05) is 0 Å². The minimum Gasteiger partial charge on any atom is -0.457 e. The summed E-state index contributed by atoms with van der Waals surface area (Å²) in [5.74, 6) is -1.61. The summed E-state index contributed by atoms with van der Waals surface area (Å²) in [6, 6.07) is 8.16. The minimum absolute atomic E-state index is 0.272. The van der Waals surface area contributed by atoms with Gasteiger partial charge in [-0.05, 0) is 27.7 Å². The number of carbonyl (C=O) groups is 2. The molecule has 1 aromatic rings. The number of benzene rings is 1. The van der Waals surface area contributed by atoms with E-state index < -0.39 is 23.0 Å². The van der Waals surface area contributed by atoms with E-state index in [1.54, 1.807) is 51.1 Å². The van der Waals surface area contributed by atoms with Crippen molar-refractivity contribution in [3.8, 4) is 0 Å². The first-order valence-corrected chi connectivity index (χ1v) is 5.70. The second-order valence-corrected chi connectivity index (χ2v) is 5.27. The first kappa shape index (κ1) is 14.4. The average Bonchev–Trinajstić information content (AvgIpc) is 2.27. The van der Waals surface area contributed by atoms with Crippen LogP contribution in [0.4, 0.5) is 0 Å². The fourth-order valence-corrected chi connectivity index (χ4v) is 1.34. The molecule has 1 aromatic carbocycles. The van der Waals surface area contributed by atoms with Gasteiger partial charge in [0.1, 0.15) is 5.60 Å². The number of ketones is 1. The summed E-state index contributed by atoms with van der Waals surface area (Å²) in [5.41, 5.74) is -2.65. The van der Waals surface area contributed by atoms with Crippen molar-refractivity contribution in [3.63, 3.8) is 0 Å². The molecule has 0 saturated heterocycles. The molecular formula is C14H18O4. The summed E-state index contributed by atoms with van der Waals surface area (Å²) in [4.78, 5) is 23.8. The van der Waals surface area contributed by atoms with Gasteiger partial charge in [0, 0.05) is 5.56 Å². The Kier molecular flexibility index (Phi) is 3.92. The van der Waals surface area contributed by atoms with Gasteiger partial charge in [-0.2, -0.15) is 0 Å². The number of carbonyl (C=O) groups excluding carboxylic acids is 2. The molecule has 0 amide bonds. The molecule has 0 aromatic heterocycles. The molecule has 0 unspecified atom stereocenters. The molecule has 0 aliphatic heterocycles. The zero-order chi connectivity index (χ0) is 14.0. The zero-order valence-corrected chi connectivity index (χ0v) is 11.1. The Bertz CT molecular complexity index is 441. The minimum atomic E-state index is -2.17. The van der Waals surface area contributed by atoms with Gasteiger partial charge in [0.2, 0.25) is 11.4 Å². The first-order valence-electron chi connectivity index (χ1n) is 5.70. The van der Waals surface area contributed by atoms with Crippen molar-refractivity contribution in [1.29, 1.82) is 0 Å². The number of hydrogen-bond donors (Lipinski definition) is 1. The molecule has 0 spiro atoms. The van der Waals surface area contributed by atoms with Gasteiger partial charge in [0.15, 0.2) is 0 Å². The monoisotopic (exact) mass is 250 g/mol. The maximum Gasteiger partial charge on any atom is 0.346 e. The van der Waals surface area contributed by atoms with Gasteiger partial charge >= 0.3 is 5.97 Å². The van der Waals surface area contributed by atoms with Gasteiger partial charge in [-0.3, -0.25) is 4.79 Å². The Morgan fingerprint density at radius 3 is 2.00 bits per heavy atom. The number of rotatable bonds is 3. The molecule has 0 aliphatic carbocycles. The van der Waals surface area contributed by atoms with Crippen LogP contribution in [0.15, 0.2) is 30.3 Å². The van der Waals surface area contributed by atoms with Crippen LogP contribution in [0.2, 0.25) is 0 Å². The van der Waals surface area contributed by atoms with Crippen LogP contribution in [0.1, 0.15) is 38.1 Å². The van der Waals surface area contributed by atoms with Gasteiger partial charge in [-0.25, -0.2) is 4.79 Å². The molecule has 4 heteroatoms. The highest BCUT2D eigenvalue weighted by atomic mass is 16.6. The van der Waals surface area contributed by atoms with Crippen molar-refractivity contribution in [1.82, 2.24) is 0 Å². The molecule has 0 radical (unpaired) electrons. The lowest BCUT2D eigenvalue weighted by atomic mass is 9.94. The smallest absolute Gasteiger partial charge is 0.346 e. The predicted molar refractivity (Wildman–Crippen MR) is 67.2 cm³/mol. The van der Waals surface area contributed by atoms with E-state index in [-0.39, 0.29) is 5.56 Å². The van der Waals surface area contributed by atoms with E-state index in [1.165, 1.54) is 0 Å². The van der Waals surface area contributed by atoms with Crippen molar-refractivity contribution in [3.05, 3.63) is 35.9 Å². The van der Waals surface area contributed by atoms with Crippen molar-refractivity contribution in [2.45, 2.75) is 38.9 Å². The lowest BCUT2D eigenvalue weighted by molar-refractivity contribution is -0.170. The third-order valence-corrected chi connectivity index (χ3v) is 2.27. The molecule has 0 fully saturated rings. The van der Waals surface area contributed by atoms with Gasteiger partial charge in [0.25, 0.3) is 0 Å². The van der Waals surface area contributed by atoms with Crippen LogP contribution >= 0.6 is 0 Å². The summed E-state index contributed by atoms with van der Waals surface area (Å²) >= 11 is 0. The molecule has 1 N–H and O–H groups in total. The average molecular weight is 250 g/mol. The van der Waals surface area contributed by atoms with E-state index in [4.69, 9.17) is 4.74 Å². The van der Waals surface area contributed by atoms with Crippen molar-refractivity contribution in [2.24, 2.45) is 0 Å². The lowest BCUT2D eigenvalue weighted by Gasteiger charge is -2.26. The second-order valence-electron chi connectivity index (χ2n) is 5.27. The predicted octanol–water partition coefficient (Wildman–Crippen LogP) is 1.96. The Balaban J connectivity index is 2.93. The number of hydrogen-bond acceptors (Lipinski definition) is 4. The summed E-state index contributed by atoms with van der Waals surface area (Å²) in [5, 5.41) is 10.0. The largest absolute Gasteiger partial charge is 0.457 e.